The van der Waals surface area contributed by atoms with E-state index in [0.717, 1.165) is 59.9 Å². The lowest BCUT2D eigenvalue weighted by molar-refractivity contribution is 0.312. The normalized spacial score (nSPS) is 15.5. The van der Waals surface area contributed by atoms with E-state index in [-0.39, 0.29) is 0 Å². The van der Waals surface area contributed by atoms with Crippen molar-refractivity contribution in [3.8, 4) is 0 Å². The number of pyridine rings is 1. The number of piperazine rings is 1. The van der Waals surface area contributed by atoms with E-state index in [0.29, 0.717) is 0 Å². The molecule has 1 aromatic carbocycles. The van der Waals surface area contributed by atoms with Crippen molar-refractivity contribution in [1.29, 1.82) is 0 Å². The molecule has 5 rings (SSSR count). The molecule has 0 radical (unpaired) electrons. The maximum Gasteiger partial charge on any atom is 0.141 e. The molecule has 1 fully saturated rings. The number of anilines is 3. The van der Waals surface area contributed by atoms with E-state index in [1.165, 1.54) is 4.70 Å². The van der Waals surface area contributed by atoms with E-state index >= 15 is 0 Å². The summed E-state index contributed by atoms with van der Waals surface area (Å²) in [6, 6.07) is 8.26. The Balaban J connectivity index is 1.50. The Kier molecular flexibility index (Phi) is 4.06. The molecule has 0 saturated carbocycles. The van der Waals surface area contributed by atoms with Crippen LogP contribution >= 0.6 is 11.3 Å². The maximum atomic E-state index is 4.62. The molecular weight excluding hydrogens is 358 g/mol. The number of aromatic nitrogens is 4. The average Bonchev–Trinajstić information content (AvgIpc) is 3.16. The lowest BCUT2D eigenvalue weighted by atomic mass is 10.2. The molecule has 4 heterocycles. The molecule has 27 heavy (non-hydrogen) atoms. The highest BCUT2D eigenvalue weighted by Crippen LogP contribution is 2.28. The topological polar surface area (TPSA) is 70.1 Å². The number of benzene rings is 1. The van der Waals surface area contributed by atoms with Crippen LogP contribution in [0.4, 0.5) is 17.3 Å². The third-order valence-corrected chi connectivity index (χ3v) is 5.74. The zero-order valence-electron chi connectivity index (χ0n) is 15.0. The fourth-order valence-corrected chi connectivity index (χ4v) is 3.99. The minimum Gasteiger partial charge on any atom is -0.354 e. The number of fused-ring (bicyclic) bond motifs is 2. The van der Waals surface area contributed by atoms with Crippen LogP contribution in [0.3, 0.4) is 0 Å². The van der Waals surface area contributed by atoms with Gasteiger partial charge in [0.2, 0.25) is 0 Å². The molecule has 1 saturated heterocycles. The molecular formula is C19H19N7S. The van der Waals surface area contributed by atoms with Crippen molar-refractivity contribution < 1.29 is 0 Å². The summed E-state index contributed by atoms with van der Waals surface area (Å²) in [6.07, 6.45) is 3.41. The van der Waals surface area contributed by atoms with Gasteiger partial charge in [-0.2, -0.15) is 0 Å². The second kappa shape index (κ2) is 6.71. The summed E-state index contributed by atoms with van der Waals surface area (Å²) in [5.41, 5.74) is 4.65. The number of nitrogens with one attached hydrogen (secondary N) is 1. The highest BCUT2D eigenvalue weighted by atomic mass is 32.1. The minimum atomic E-state index is 0.785. The summed E-state index contributed by atoms with van der Waals surface area (Å²) < 4.78 is 1.18. The molecule has 0 aliphatic carbocycles. The zero-order valence-corrected chi connectivity index (χ0v) is 15.8. The minimum absolute atomic E-state index is 0.785. The Hall–Kier alpha value is -2.84. The number of nitrogens with zero attached hydrogens (tertiary/aromatic N) is 6. The van der Waals surface area contributed by atoms with Gasteiger partial charge in [0.15, 0.2) is 0 Å². The van der Waals surface area contributed by atoms with Crippen LogP contribution in [0, 0.1) is 0 Å². The monoisotopic (exact) mass is 377 g/mol. The van der Waals surface area contributed by atoms with Crippen molar-refractivity contribution in [2.24, 2.45) is 0 Å². The van der Waals surface area contributed by atoms with Crippen LogP contribution in [0.2, 0.25) is 0 Å². The van der Waals surface area contributed by atoms with Crippen molar-refractivity contribution in [2.45, 2.75) is 0 Å². The predicted octanol–water partition coefficient (Wildman–Crippen LogP) is 3.13. The molecule has 0 spiro atoms. The van der Waals surface area contributed by atoms with Crippen molar-refractivity contribution in [1.82, 2.24) is 24.8 Å². The van der Waals surface area contributed by atoms with Gasteiger partial charge in [0, 0.05) is 37.3 Å². The SMILES string of the molecule is CN1CCN(c2cc3c(Nc4ccc5scnc5c4)ncnc3cn2)CC1. The quantitative estimate of drug-likeness (QED) is 0.588. The van der Waals surface area contributed by atoms with Gasteiger partial charge in [-0.05, 0) is 31.3 Å². The largest absolute Gasteiger partial charge is 0.354 e. The second-order valence-corrected chi connectivity index (χ2v) is 7.62. The van der Waals surface area contributed by atoms with Crippen LogP contribution in [-0.4, -0.2) is 58.1 Å². The first-order valence-corrected chi connectivity index (χ1v) is 9.79. The van der Waals surface area contributed by atoms with E-state index in [4.69, 9.17) is 0 Å². The van der Waals surface area contributed by atoms with Crippen LogP contribution in [0.1, 0.15) is 0 Å². The van der Waals surface area contributed by atoms with Gasteiger partial charge >= 0.3 is 0 Å². The Morgan fingerprint density at radius 1 is 0.963 bits per heavy atom. The number of hydrogen-bond donors (Lipinski definition) is 1. The lowest BCUT2D eigenvalue weighted by Crippen LogP contribution is -2.44. The van der Waals surface area contributed by atoms with Gasteiger partial charge in [-0.25, -0.2) is 19.9 Å². The summed E-state index contributed by atoms with van der Waals surface area (Å²) in [5, 5.41) is 4.40. The second-order valence-electron chi connectivity index (χ2n) is 6.73. The third kappa shape index (κ3) is 3.17. The first-order chi connectivity index (χ1) is 13.3. The number of likely N-dealkylation sites (N-methyl/N-ethyl adjacent to an activating group) is 1. The fourth-order valence-electron chi connectivity index (χ4n) is 3.33. The van der Waals surface area contributed by atoms with Gasteiger partial charge in [0.25, 0.3) is 0 Å². The standard InChI is InChI=1S/C19H19N7S/c1-25-4-6-26(7-5-25)18-9-14-16(10-20-18)21-11-22-19(14)24-13-2-3-17-15(8-13)23-12-27-17/h2-3,8-12H,4-7H2,1H3,(H,21,22,24). The molecule has 4 aromatic rings. The van der Waals surface area contributed by atoms with Crippen molar-refractivity contribution in [3.63, 3.8) is 0 Å². The summed E-state index contributed by atoms with van der Waals surface area (Å²) in [5.74, 6) is 1.76. The molecule has 7 nitrogen and oxygen atoms in total. The van der Waals surface area contributed by atoms with Crippen LogP contribution < -0.4 is 10.2 Å². The highest BCUT2D eigenvalue weighted by Gasteiger charge is 2.16. The fraction of sp³-hybridized carbons (Fsp3) is 0.263. The van der Waals surface area contributed by atoms with Gasteiger partial charge < -0.3 is 15.1 Å². The van der Waals surface area contributed by atoms with Crippen LogP contribution in [0.25, 0.3) is 21.1 Å². The van der Waals surface area contributed by atoms with E-state index in [1.54, 1.807) is 17.7 Å². The molecule has 1 aliphatic heterocycles. The number of thiazole rings is 1. The summed E-state index contributed by atoms with van der Waals surface area (Å²) in [7, 11) is 2.15. The summed E-state index contributed by atoms with van der Waals surface area (Å²) >= 11 is 1.64. The Morgan fingerprint density at radius 3 is 2.74 bits per heavy atom. The molecule has 0 amide bonds. The summed E-state index contributed by atoms with van der Waals surface area (Å²) in [4.78, 5) is 22.5. The van der Waals surface area contributed by atoms with E-state index < -0.39 is 0 Å². The predicted molar refractivity (Wildman–Crippen MR) is 110 cm³/mol. The average molecular weight is 377 g/mol. The Labute approximate surface area is 160 Å². The molecule has 8 heteroatoms. The molecule has 136 valence electrons. The molecule has 0 bridgehead atoms. The third-order valence-electron chi connectivity index (χ3n) is 4.93. The summed E-state index contributed by atoms with van der Waals surface area (Å²) in [6.45, 7) is 4.05. The van der Waals surface area contributed by atoms with Crippen LogP contribution in [0.15, 0.2) is 42.3 Å². The van der Waals surface area contributed by atoms with Gasteiger partial charge in [-0.1, -0.05) is 0 Å². The molecule has 3 aromatic heterocycles. The highest BCUT2D eigenvalue weighted by molar-refractivity contribution is 7.16. The molecule has 1 N–H and O–H groups in total. The van der Waals surface area contributed by atoms with Gasteiger partial charge in [-0.15, -0.1) is 11.3 Å². The Morgan fingerprint density at radius 2 is 1.85 bits per heavy atom. The number of hydrogen-bond acceptors (Lipinski definition) is 8. The van der Waals surface area contributed by atoms with Gasteiger partial charge in [-0.3, -0.25) is 0 Å². The van der Waals surface area contributed by atoms with Gasteiger partial charge in [0.1, 0.15) is 18.0 Å². The molecule has 0 atom stereocenters. The molecule has 1 aliphatic rings. The first-order valence-electron chi connectivity index (χ1n) is 8.91. The van der Waals surface area contributed by atoms with E-state index in [9.17, 15) is 0 Å². The molecule has 0 unspecified atom stereocenters. The lowest BCUT2D eigenvalue weighted by Gasteiger charge is -2.33. The van der Waals surface area contributed by atoms with Crippen LogP contribution in [0.5, 0.6) is 0 Å². The van der Waals surface area contributed by atoms with Gasteiger partial charge in [0.05, 0.1) is 27.4 Å². The van der Waals surface area contributed by atoms with Crippen LogP contribution in [-0.2, 0) is 0 Å². The van der Waals surface area contributed by atoms with E-state index in [2.05, 4.69) is 60.3 Å². The Bertz CT molecular complexity index is 1100. The first kappa shape index (κ1) is 16.3. The zero-order chi connectivity index (χ0) is 18.2. The van der Waals surface area contributed by atoms with Crippen molar-refractivity contribution in [2.75, 3.05) is 43.4 Å². The smallest absolute Gasteiger partial charge is 0.141 e. The van der Waals surface area contributed by atoms with E-state index in [1.807, 2.05) is 17.8 Å². The maximum absolute atomic E-state index is 4.62. The van der Waals surface area contributed by atoms with Crippen molar-refractivity contribution in [3.05, 3.63) is 42.3 Å². The number of rotatable bonds is 3. The van der Waals surface area contributed by atoms with Crippen molar-refractivity contribution >= 4 is 49.8 Å².